The number of hydrogen-bond acceptors (Lipinski definition) is 3. The van der Waals surface area contributed by atoms with E-state index in [9.17, 15) is 9.90 Å². The predicted molar refractivity (Wildman–Crippen MR) is 60.3 cm³/mol. The lowest BCUT2D eigenvalue weighted by Crippen LogP contribution is -2.11. The fourth-order valence-electron chi connectivity index (χ4n) is 1.30. The Morgan fingerprint density at radius 2 is 1.94 bits per heavy atom. The molecule has 1 heterocycles. The van der Waals surface area contributed by atoms with Gasteiger partial charge in [-0.2, -0.15) is 0 Å². The molecule has 4 nitrogen and oxygen atoms in total. The summed E-state index contributed by atoms with van der Waals surface area (Å²) < 4.78 is 0. The van der Waals surface area contributed by atoms with Crippen molar-refractivity contribution in [3.63, 3.8) is 0 Å². The molecule has 0 saturated heterocycles. The number of nitrogens with one attached hydrogen (secondary N) is 1. The van der Waals surface area contributed by atoms with Crippen LogP contribution in [-0.2, 0) is 0 Å². The molecular weight excluding hydrogens is 204 g/mol. The van der Waals surface area contributed by atoms with Crippen LogP contribution in [0.15, 0.2) is 48.8 Å². The van der Waals surface area contributed by atoms with Crippen LogP contribution in [0.3, 0.4) is 0 Å². The van der Waals surface area contributed by atoms with Crippen molar-refractivity contribution in [2.75, 3.05) is 5.32 Å². The topological polar surface area (TPSA) is 62.2 Å². The minimum absolute atomic E-state index is 0.129. The summed E-state index contributed by atoms with van der Waals surface area (Å²) in [5.41, 5.74) is 0.891. The van der Waals surface area contributed by atoms with Crippen molar-refractivity contribution in [1.29, 1.82) is 0 Å². The van der Waals surface area contributed by atoms with Crippen molar-refractivity contribution in [2.24, 2.45) is 0 Å². The Bertz CT molecular complexity index is 497. The van der Waals surface area contributed by atoms with Gasteiger partial charge in [0.1, 0.15) is 5.75 Å². The van der Waals surface area contributed by atoms with Crippen LogP contribution >= 0.6 is 0 Å². The number of anilines is 1. The molecule has 2 aromatic rings. The Labute approximate surface area is 92.6 Å². The number of nitrogens with zero attached hydrogens (tertiary/aromatic N) is 1. The molecule has 0 unspecified atom stereocenters. The number of amides is 1. The van der Waals surface area contributed by atoms with E-state index in [1.165, 1.54) is 18.5 Å². The average Bonchev–Trinajstić information content (AvgIpc) is 2.31. The zero-order chi connectivity index (χ0) is 11.4. The largest absolute Gasteiger partial charge is 0.505 e. The Kier molecular flexibility index (Phi) is 2.82. The minimum atomic E-state index is -0.355. The summed E-state index contributed by atoms with van der Waals surface area (Å²) in [4.78, 5) is 15.4. The molecule has 16 heavy (non-hydrogen) atoms. The molecule has 2 N–H and O–H groups in total. The highest BCUT2D eigenvalue weighted by Crippen LogP contribution is 2.16. The summed E-state index contributed by atoms with van der Waals surface area (Å²) in [5.74, 6) is -0.484. The Morgan fingerprint density at radius 1 is 1.19 bits per heavy atom. The second-order valence-electron chi connectivity index (χ2n) is 3.21. The Hall–Kier alpha value is -2.36. The van der Waals surface area contributed by atoms with E-state index >= 15 is 0 Å². The summed E-state index contributed by atoms with van der Waals surface area (Å²) in [6.45, 7) is 0. The lowest BCUT2D eigenvalue weighted by atomic mass is 10.2. The van der Waals surface area contributed by atoms with Crippen LogP contribution in [0.4, 0.5) is 5.69 Å². The van der Waals surface area contributed by atoms with E-state index in [4.69, 9.17) is 0 Å². The van der Waals surface area contributed by atoms with Gasteiger partial charge >= 0.3 is 0 Å². The number of carbonyl (C=O) groups is 1. The molecule has 0 aliphatic carbocycles. The highest BCUT2D eigenvalue weighted by atomic mass is 16.3. The van der Waals surface area contributed by atoms with Crippen LogP contribution in [0.1, 0.15) is 10.4 Å². The summed E-state index contributed by atoms with van der Waals surface area (Å²) in [6.07, 6.45) is 2.69. The number of aromatic hydroxyl groups is 1. The fraction of sp³-hybridized carbons (Fsp3) is 0. The van der Waals surface area contributed by atoms with Gasteiger partial charge < -0.3 is 10.4 Å². The fourth-order valence-corrected chi connectivity index (χ4v) is 1.30. The van der Waals surface area contributed by atoms with Crippen molar-refractivity contribution >= 4 is 11.6 Å². The van der Waals surface area contributed by atoms with Crippen LogP contribution in [0.5, 0.6) is 5.75 Å². The maximum absolute atomic E-state index is 11.7. The number of carbonyl (C=O) groups excluding carboxylic acids is 1. The standard InChI is InChI=1S/C12H10N2O2/c15-11-8-13-7-6-10(11)12(16)14-9-4-2-1-3-5-9/h1-8,15H,(H,14,16). The summed E-state index contributed by atoms with van der Waals surface area (Å²) >= 11 is 0. The molecule has 0 aliphatic heterocycles. The molecule has 1 aromatic heterocycles. The third-order valence-electron chi connectivity index (χ3n) is 2.08. The van der Waals surface area contributed by atoms with E-state index in [0.717, 1.165) is 0 Å². The molecule has 0 fully saturated rings. The molecule has 80 valence electrons. The summed E-state index contributed by atoms with van der Waals surface area (Å²) in [5, 5.41) is 12.1. The Morgan fingerprint density at radius 3 is 2.62 bits per heavy atom. The lowest BCUT2D eigenvalue weighted by molar-refractivity contribution is 0.102. The second kappa shape index (κ2) is 4.44. The van der Waals surface area contributed by atoms with Gasteiger partial charge in [-0.15, -0.1) is 0 Å². The van der Waals surface area contributed by atoms with Crippen LogP contribution in [0, 0.1) is 0 Å². The van der Waals surface area contributed by atoms with Crippen LogP contribution in [0.2, 0.25) is 0 Å². The van der Waals surface area contributed by atoms with Crippen LogP contribution < -0.4 is 5.32 Å². The normalized spacial score (nSPS) is 9.75. The molecule has 0 radical (unpaired) electrons. The molecular formula is C12H10N2O2. The number of pyridine rings is 1. The van der Waals surface area contributed by atoms with Gasteiger partial charge in [0.2, 0.25) is 0 Å². The molecule has 4 heteroatoms. The van der Waals surface area contributed by atoms with E-state index in [1.807, 2.05) is 18.2 Å². The molecule has 2 rings (SSSR count). The average molecular weight is 214 g/mol. The third kappa shape index (κ3) is 2.17. The molecule has 0 bridgehead atoms. The summed E-state index contributed by atoms with van der Waals surface area (Å²) in [7, 11) is 0. The molecule has 0 saturated carbocycles. The first-order chi connectivity index (χ1) is 7.77. The highest BCUT2D eigenvalue weighted by Gasteiger charge is 2.10. The summed E-state index contributed by atoms with van der Waals surface area (Å²) in [6, 6.07) is 10.5. The van der Waals surface area contributed by atoms with Gasteiger partial charge in [0.25, 0.3) is 5.91 Å². The minimum Gasteiger partial charge on any atom is -0.505 e. The lowest BCUT2D eigenvalue weighted by Gasteiger charge is -2.05. The van der Waals surface area contributed by atoms with Gasteiger partial charge in [-0.1, -0.05) is 18.2 Å². The van der Waals surface area contributed by atoms with Crippen molar-refractivity contribution in [3.8, 4) is 5.75 Å². The van der Waals surface area contributed by atoms with Crippen molar-refractivity contribution in [3.05, 3.63) is 54.4 Å². The molecule has 0 atom stereocenters. The zero-order valence-electron chi connectivity index (χ0n) is 8.42. The molecule has 0 aliphatic rings. The van der Waals surface area contributed by atoms with Gasteiger partial charge in [0, 0.05) is 11.9 Å². The Balaban J connectivity index is 2.19. The van der Waals surface area contributed by atoms with E-state index in [2.05, 4.69) is 10.3 Å². The van der Waals surface area contributed by atoms with Crippen LogP contribution in [-0.4, -0.2) is 16.0 Å². The second-order valence-corrected chi connectivity index (χ2v) is 3.21. The molecule has 1 aromatic carbocycles. The SMILES string of the molecule is O=C(Nc1ccccc1)c1ccncc1O. The monoisotopic (exact) mass is 214 g/mol. The number of para-hydroxylation sites is 1. The first-order valence-electron chi connectivity index (χ1n) is 4.77. The van der Waals surface area contributed by atoms with E-state index in [1.54, 1.807) is 12.1 Å². The predicted octanol–water partition coefficient (Wildman–Crippen LogP) is 2.04. The number of hydrogen-bond donors (Lipinski definition) is 2. The number of aromatic nitrogens is 1. The zero-order valence-corrected chi connectivity index (χ0v) is 8.42. The van der Waals surface area contributed by atoms with Gasteiger partial charge in [0.15, 0.2) is 0 Å². The van der Waals surface area contributed by atoms with Crippen molar-refractivity contribution in [1.82, 2.24) is 4.98 Å². The first kappa shape index (κ1) is 10.2. The van der Waals surface area contributed by atoms with E-state index in [-0.39, 0.29) is 17.2 Å². The quantitative estimate of drug-likeness (QED) is 0.804. The van der Waals surface area contributed by atoms with Gasteiger partial charge in [-0.3, -0.25) is 9.78 Å². The van der Waals surface area contributed by atoms with Crippen molar-refractivity contribution in [2.45, 2.75) is 0 Å². The van der Waals surface area contributed by atoms with Crippen LogP contribution in [0.25, 0.3) is 0 Å². The third-order valence-corrected chi connectivity index (χ3v) is 2.08. The maximum atomic E-state index is 11.7. The van der Waals surface area contributed by atoms with Gasteiger partial charge in [-0.25, -0.2) is 0 Å². The van der Waals surface area contributed by atoms with Gasteiger partial charge in [0.05, 0.1) is 11.8 Å². The first-order valence-corrected chi connectivity index (χ1v) is 4.77. The molecule has 0 spiro atoms. The van der Waals surface area contributed by atoms with Crippen molar-refractivity contribution < 1.29 is 9.90 Å². The number of rotatable bonds is 2. The number of benzene rings is 1. The van der Waals surface area contributed by atoms with Gasteiger partial charge in [-0.05, 0) is 18.2 Å². The molecule has 1 amide bonds. The highest BCUT2D eigenvalue weighted by molar-refractivity contribution is 6.05. The van der Waals surface area contributed by atoms with E-state index < -0.39 is 0 Å². The van der Waals surface area contributed by atoms with E-state index in [0.29, 0.717) is 5.69 Å². The maximum Gasteiger partial charge on any atom is 0.259 e. The smallest absolute Gasteiger partial charge is 0.259 e.